The lowest BCUT2D eigenvalue weighted by Gasteiger charge is -2.10. The summed E-state index contributed by atoms with van der Waals surface area (Å²) in [5.41, 5.74) is 13.7. The maximum Gasteiger partial charge on any atom is 0.135 e. The topological polar surface area (TPSA) is 23.0 Å². The molecule has 3 aromatic heterocycles. The number of furan rings is 1. The first-order chi connectivity index (χ1) is 27.2. The second-order valence-electron chi connectivity index (χ2n) is 14.6. The van der Waals surface area contributed by atoms with Crippen LogP contribution < -0.4 is 0 Å². The Kier molecular flexibility index (Phi) is 6.34. The molecule has 3 nitrogen and oxygen atoms in total. The van der Waals surface area contributed by atoms with Gasteiger partial charge in [-0.15, -0.1) is 0 Å². The molecule has 0 aliphatic heterocycles. The molecule has 0 N–H and O–H groups in total. The predicted molar refractivity (Wildman–Crippen MR) is 231 cm³/mol. The van der Waals surface area contributed by atoms with E-state index in [0.29, 0.717) is 0 Å². The summed E-state index contributed by atoms with van der Waals surface area (Å²) in [6.07, 6.45) is 0. The van der Waals surface area contributed by atoms with Crippen molar-refractivity contribution < 1.29 is 4.42 Å². The highest BCUT2D eigenvalue weighted by Crippen LogP contribution is 2.40. The highest BCUT2D eigenvalue weighted by Gasteiger charge is 2.17. The third kappa shape index (κ3) is 4.57. The number of nitrogens with zero attached hydrogens (tertiary/aromatic N) is 2. The molecule has 0 saturated heterocycles. The molecule has 12 aromatic rings. The molecule has 0 unspecified atom stereocenters. The van der Waals surface area contributed by atoms with Crippen LogP contribution in [-0.4, -0.2) is 9.13 Å². The minimum atomic E-state index is 0.911. The van der Waals surface area contributed by atoms with Crippen LogP contribution in [0.15, 0.2) is 199 Å². The Morgan fingerprint density at radius 2 is 0.764 bits per heavy atom. The van der Waals surface area contributed by atoms with Gasteiger partial charge in [0, 0.05) is 43.7 Å². The Morgan fingerprint density at radius 3 is 1.47 bits per heavy atom. The second kappa shape index (κ2) is 11.6. The van der Waals surface area contributed by atoms with Crippen molar-refractivity contribution in [2.45, 2.75) is 0 Å². The Morgan fingerprint density at radius 1 is 0.273 bits per heavy atom. The van der Waals surface area contributed by atoms with Crippen LogP contribution in [0.4, 0.5) is 0 Å². The summed E-state index contributed by atoms with van der Waals surface area (Å²) in [5.74, 6) is 0. The van der Waals surface area contributed by atoms with Crippen LogP contribution in [-0.2, 0) is 0 Å². The number of para-hydroxylation sites is 3. The van der Waals surface area contributed by atoms with E-state index in [0.717, 1.165) is 27.6 Å². The monoisotopic (exact) mass is 700 g/mol. The molecule has 55 heavy (non-hydrogen) atoms. The van der Waals surface area contributed by atoms with E-state index in [1.165, 1.54) is 82.3 Å². The number of hydrogen-bond acceptors (Lipinski definition) is 1. The van der Waals surface area contributed by atoms with Crippen LogP contribution in [0.2, 0.25) is 0 Å². The summed E-state index contributed by atoms with van der Waals surface area (Å²) in [4.78, 5) is 0. The molecule has 0 amide bonds. The largest absolute Gasteiger partial charge is 0.456 e. The first kappa shape index (κ1) is 30.1. The quantitative estimate of drug-likeness (QED) is 0.179. The fourth-order valence-electron chi connectivity index (χ4n) is 8.89. The van der Waals surface area contributed by atoms with Crippen molar-refractivity contribution in [2.24, 2.45) is 0 Å². The Bertz CT molecular complexity index is 3490. The molecule has 0 radical (unpaired) electrons. The zero-order chi connectivity index (χ0) is 36.0. The lowest BCUT2D eigenvalue weighted by molar-refractivity contribution is 0.669. The third-order valence-electron chi connectivity index (χ3n) is 11.5. The van der Waals surface area contributed by atoms with E-state index in [-0.39, 0.29) is 0 Å². The van der Waals surface area contributed by atoms with E-state index >= 15 is 0 Å². The SMILES string of the molecule is c1ccc(-n2c3ccc(-c4ccc5oc6ccccc6c5c4)cc3c3cc(-c4ccc5c(c4)c4ccccc4n5-c4ccc5ccccc5c4)ccc32)cc1. The van der Waals surface area contributed by atoms with Gasteiger partial charge in [-0.25, -0.2) is 0 Å². The molecule has 0 aliphatic rings. The van der Waals surface area contributed by atoms with Gasteiger partial charge >= 0.3 is 0 Å². The molecule has 0 saturated carbocycles. The predicted octanol–water partition coefficient (Wildman–Crippen LogP) is 14.3. The Balaban J connectivity index is 1.05. The van der Waals surface area contributed by atoms with Crippen molar-refractivity contribution in [3.8, 4) is 33.6 Å². The molecule has 3 heteroatoms. The second-order valence-corrected chi connectivity index (χ2v) is 14.6. The van der Waals surface area contributed by atoms with Crippen molar-refractivity contribution in [2.75, 3.05) is 0 Å². The molecule has 256 valence electrons. The number of rotatable bonds is 4. The van der Waals surface area contributed by atoms with Gasteiger partial charge in [-0.1, -0.05) is 109 Å². The average Bonchev–Trinajstić information content (AvgIpc) is 3.90. The zero-order valence-corrected chi connectivity index (χ0v) is 29.8. The van der Waals surface area contributed by atoms with Crippen LogP contribution in [0.1, 0.15) is 0 Å². The fourth-order valence-corrected chi connectivity index (χ4v) is 8.89. The van der Waals surface area contributed by atoms with Crippen LogP contribution in [0.5, 0.6) is 0 Å². The lowest BCUT2D eigenvalue weighted by atomic mass is 9.98. The van der Waals surface area contributed by atoms with Crippen molar-refractivity contribution in [3.63, 3.8) is 0 Å². The van der Waals surface area contributed by atoms with Gasteiger partial charge in [0.1, 0.15) is 11.2 Å². The third-order valence-corrected chi connectivity index (χ3v) is 11.5. The van der Waals surface area contributed by atoms with E-state index < -0.39 is 0 Å². The summed E-state index contributed by atoms with van der Waals surface area (Å²) in [5, 5.41) is 9.72. The lowest BCUT2D eigenvalue weighted by Crippen LogP contribution is -1.94. The van der Waals surface area contributed by atoms with E-state index in [1.54, 1.807) is 0 Å². The van der Waals surface area contributed by atoms with Gasteiger partial charge in [0.2, 0.25) is 0 Å². The van der Waals surface area contributed by atoms with Crippen molar-refractivity contribution in [3.05, 3.63) is 194 Å². The normalized spacial score (nSPS) is 12.0. The van der Waals surface area contributed by atoms with Gasteiger partial charge in [0.05, 0.1) is 22.1 Å². The molecule has 12 rings (SSSR count). The van der Waals surface area contributed by atoms with Gasteiger partial charge < -0.3 is 13.6 Å². The number of hydrogen-bond donors (Lipinski definition) is 0. The van der Waals surface area contributed by atoms with Gasteiger partial charge in [-0.05, 0) is 118 Å². The molecular formula is C52H32N2O. The van der Waals surface area contributed by atoms with Gasteiger partial charge in [0.15, 0.2) is 0 Å². The first-order valence-corrected chi connectivity index (χ1v) is 18.8. The first-order valence-electron chi connectivity index (χ1n) is 18.8. The standard InChI is InChI=1S/C52H32N2O/c1-2-12-39(13-3-1)53-49-25-20-36(30-44(49)45-31-37(21-26-50(45)53)38-22-27-52-46(32-38)42-15-7-9-17-51(42)55-52)35-19-24-48-43(29-35)41-14-6-8-16-47(41)54(48)40-23-18-33-10-4-5-11-34(33)28-40/h1-32H. The van der Waals surface area contributed by atoms with Crippen LogP contribution in [0.25, 0.3) is 110 Å². The summed E-state index contributed by atoms with van der Waals surface area (Å²) >= 11 is 0. The summed E-state index contributed by atoms with van der Waals surface area (Å²) < 4.78 is 11.0. The average molecular weight is 701 g/mol. The molecule has 0 spiro atoms. The fraction of sp³-hybridized carbons (Fsp3) is 0. The molecular weight excluding hydrogens is 669 g/mol. The van der Waals surface area contributed by atoms with E-state index in [4.69, 9.17) is 4.42 Å². The smallest absolute Gasteiger partial charge is 0.135 e. The van der Waals surface area contributed by atoms with Crippen molar-refractivity contribution in [1.82, 2.24) is 9.13 Å². The molecule has 0 bridgehead atoms. The summed E-state index contributed by atoms with van der Waals surface area (Å²) in [6.45, 7) is 0. The van der Waals surface area contributed by atoms with E-state index in [1.807, 2.05) is 12.1 Å². The highest BCUT2D eigenvalue weighted by atomic mass is 16.3. The highest BCUT2D eigenvalue weighted by molar-refractivity contribution is 6.14. The maximum atomic E-state index is 6.16. The Labute approximate surface area is 316 Å². The Hall–Kier alpha value is -7.36. The van der Waals surface area contributed by atoms with Crippen LogP contribution in [0.3, 0.4) is 0 Å². The molecule has 0 aliphatic carbocycles. The zero-order valence-electron chi connectivity index (χ0n) is 29.8. The molecule has 9 aromatic carbocycles. The number of aromatic nitrogens is 2. The van der Waals surface area contributed by atoms with Crippen LogP contribution >= 0.6 is 0 Å². The molecule has 0 atom stereocenters. The van der Waals surface area contributed by atoms with Gasteiger partial charge in [0.25, 0.3) is 0 Å². The van der Waals surface area contributed by atoms with E-state index in [9.17, 15) is 0 Å². The minimum Gasteiger partial charge on any atom is -0.456 e. The minimum absolute atomic E-state index is 0.911. The molecule has 3 heterocycles. The van der Waals surface area contributed by atoms with Crippen LogP contribution in [0, 0.1) is 0 Å². The summed E-state index contributed by atoms with van der Waals surface area (Å²) in [6, 6.07) is 70.5. The van der Waals surface area contributed by atoms with Gasteiger partial charge in [-0.3, -0.25) is 0 Å². The van der Waals surface area contributed by atoms with Gasteiger partial charge in [-0.2, -0.15) is 0 Å². The van der Waals surface area contributed by atoms with Crippen molar-refractivity contribution >= 4 is 76.3 Å². The molecule has 0 fully saturated rings. The summed E-state index contributed by atoms with van der Waals surface area (Å²) in [7, 11) is 0. The number of fused-ring (bicyclic) bond motifs is 10. The maximum absolute atomic E-state index is 6.16. The number of benzene rings is 9. The van der Waals surface area contributed by atoms with E-state index in [2.05, 4.69) is 191 Å². The van der Waals surface area contributed by atoms with Crippen molar-refractivity contribution in [1.29, 1.82) is 0 Å².